The van der Waals surface area contributed by atoms with Crippen molar-refractivity contribution in [2.75, 3.05) is 49.6 Å². The van der Waals surface area contributed by atoms with Crippen LogP contribution < -0.4 is 15.8 Å². The lowest BCUT2D eigenvalue weighted by molar-refractivity contribution is -0.143. The first-order chi connectivity index (χ1) is 23.9. The molecule has 0 bridgehead atoms. The first-order valence-corrected chi connectivity index (χ1v) is 16.3. The van der Waals surface area contributed by atoms with Gasteiger partial charge in [0.05, 0.1) is 24.6 Å². The number of rotatable bonds is 8. The Morgan fingerprint density at radius 1 is 1.10 bits per heavy atom. The van der Waals surface area contributed by atoms with Gasteiger partial charge in [-0.2, -0.15) is 22.7 Å². The van der Waals surface area contributed by atoms with Gasteiger partial charge in [-0.15, -0.1) is 5.10 Å². The fourth-order valence-electron chi connectivity index (χ4n) is 6.08. The van der Waals surface area contributed by atoms with E-state index in [2.05, 4.69) is 25.4 Å². The van der Waals surface area contributed by atoms with E-state index in [0.717, 1.165) is 15.7 Å². The van der Waals surface area contributed by atoms with Gasteiger partial charge in [-0.05, 0) is 36.5 Å². The lowest BCUT2D eigenvalue weighted by Crippen LogP contribution is -2.51. The van der Waals surface area contributed by atoms with Gasteiger partial charge < -0.3 is 24.4 Å². The molecule has 13 nitrogen and oxygen atoms in total. The van der Waals surface area contributed by atoms with Crippen LogP contribution in [0.3, 0.4) is 0 Å². The molecule has 0 aliphatic carbocycles. The molecule has 4 aromatic rings. The molecule has 1 saturated heterocycles. The topological polar surface area (TPSA) is 140 Å². The van der Waals surface area contributed by atoms with E-state index in [0.29, 0.717) is 56.6 Å². The van der Waals surface area contributed by atoms with Crippen molar-refractivity contribution in [3.63, 3.8) is 0 Å². The molecule has 6 rings (SSSR count). The van der Waals surface area contributed by atoms with Crippen molar-refractivity contribution in [1.82, 2.24) is 34.0 Å². The van der Waals surface area contributed by atoms with Crippen molar-refractivity contribution in [2.45, 2.75) is 45.8 Å². The summed E-state index contributed by atoms with van der Waals surface area (Å²) in [7, 11) is 0. The number of ether oxygens (including phenoxy) is 1. The third-order valence-corrected chi connectivity index (χ3v) is 8.83. The molecular formula is C32H32ClF4N9O4. The molecule has 1 N–H and O–H groups in total. The molecule has 2 aliphatic heterocycles. The molecule has 0 saturated carbocycles. The number of nitrogens with one attached hydrogen (secondary N) is 1. The third kappa shape index (κ3) is 6.79. The van der Waals surface area contributed by atoms with E-state index in [9.17, 15) is 31.9 Å². The van der Waals surface area contributed by atoms with Crippen LogP contribution in [0.1, 0.15) is 53.5 Å². The van der Waals surface area contributed by atoms with Crippen LogP contribution in [0.4, 0.5) is 28.9 Å². The normalized spacial score (nSPS) is 15.4. The lowest BCUT2D eigenvalue weighted by atomic mass is 10.1. The van der Waals surface area contributed by atoms with Crippen molar-refractivity contribution in [1.29, 1.82) is 0 Å². The molecule has 2 amide bonds. The van der Waals surface area contributed by atoms with Gasteiger partial charge in [-0.25, -0.2) is 9.37 Å². The number of pyridine rings is 2. The fraction of sp³-hybridized carbons (Fsp3) is 0.406. The van der Waals surface area contributed by atoms with E-state index in [1.54, 1.807) is 30.2 Å². The number of amides is 2. The van der Waals surface area contributed by atoms with Crippen molar-refractivity contribution < 1.29 is 31.9 Å². The largest absolute Gasteiger partial charge is 0.436 e. The summed E-state index contributed by atoms with van der Waals surface area (Å²) in [4.78, 5) is 56.5. The number of hydrogen-bond donors (Lipinski definition) is 1. The maximum absolute atomic E-state index is 14.3. The number of anilines is 2. The zero-order chi connectivity index (χ0) is 35.7. The SMILES string of the molecule is CCc1cccnc1C(=O)N1CCN(c2c(CC)n(CC(=O)Nc3cc(F)c(C(F)(F)F)nc3Cl)c3nc(C4=CCOCC4)nn3c2=O)CC1. The number of hydrogen-bond acceptors (Lipinski definition) is 9. The maximum Gasteiger partial charge on any atom is 0.436 e. The molecule has 2 aliphatic rings. The van der Waals surface area contributed by atoms with Crippen molar-refractivity contribution in [3.05, 3.63) is 80.3 Å². The first kappa shape index (κ1) is 34.9. The van der Waals surface area contributed by atoms with Gasteiger partial charge in [0.15, 0.2) is 22.5 Å². The Balaban J connectivity index is 1.35. The molecular weight excluding hydrogens is 686 g/mol. The predicted octanol–water partition coefficient (Wildman–Crippen LogP) is 4.02. The number of carbonyl (C=O) groups excluding carboxylic acids is 2. The van der Waals surface area contributed by atoms with Crippen LogP contribution in [-0.2, 0) is 35.1 Å². The predicted molar refractivity (Wildman–Crippen MR) is 175 cm³/mol. The smallest absolute Gasteiger partial charge is 0.377 e. The van der Waals surface area contributed by atoms with E-state index in [4.69, 9.17) is 16.3 Å². The number of halogens is 5. The molecule has 1 fully saturated rings. The van der Waals surface area contributed by atoms with Crippen LogP contribution in [0.5, 0.6) is 0 Å². The molecule has 0 spiro atoms. The summed E-state index contributed by atoms with van der Waals surface area (Å²) >= 11 is 5.91. The molecule has 0 radical (unpaired) electrons. The Morgan fingerprint density at radius 2 is 1.86 bits per heavy atom. The summed E-state index contributed by atoms with van der Waals surface area (Å²) in [5.41, 5.74) is -0.108. The summed E-state index contributed by atoms with van der Waals surface area (Å²) in [5.74, 6) is -2.40. The van der Waals surface area contributed by atoms with Crippen LogP contribution in [0.25, 0.3) is 11.4 Å². The van der Waals surface area contributed by atoms with Crippen molar-refractivity contribution >= 4 is 46.1 Å². The number of piperazine rings is 1. The zero-order valence-electron chi connectivity index (χ0n) is 27.1. The molecule has 50 heavy (non-hydrogen) atoms. The average molecular weight is 718 g/mol. The summed E-state index contributed by atoms with van der Waals surface area (Å²) in [5, 5.41) is 6.09. The van der Waals surface area contributed by atoms with Crippen LogP contribution in [-0.4, -0.2) is 85.2 Å². The van der Waals surface area contributed by atoms with E-state index >= 15 is 0 Å². The Labute approximate surface area is 287 Å². The molecule has 0 atom stereocenters. The second-order valence-corrected chi connectivity index (χ2v) is 11.9. The Hall–Kier alpha value is -4.90. The number of aryl methyl sites for hydroxylation is 1. The highest BCUT2D eigenvalue weighted by atomic mass is 35.5. The van der Waals surface area contributed by atoms with Gasteiger partial charge in [0.1, 0.15) is 17.9 Å². The van der Waals surface area contributed by atoms with Crippen LogP contribution >= 0.6 is 11.6 Å². The second kappa shape index (κ2) is 14.1. The van der Waals surface area contributed by atoms with Gasteiger partial charge in [0, 0.05) is 38.4 Å². The standard InChI is InChI=1S/C32H32ClF4N9O4/c1-3-18-6-5-9-38-24(18)29(48)44-12-10-43(11-13-44)25-22(4-2)45(31-41-28(42-46(31)30(25)49)19-7-14-50-15-8-19)17-23(47)39-21-16-20(34)26(32(35,36)37)40-27(21)33/h5-7,9,16H,3-4,8,10-15,17H2,1-2H3,(H,39,47). The summed E-state index contributed by atoms with van der Waals surface area (Å²) in [6.45, 7) is 5.17. The van der Waals surface area contributed by atoms with Crippen LogP contribution in [0.2, 0.25) is 5.15 Å². The van der Waals surface area contributed by atoms with E-state index in [1.165, 1.54) is 4.57 Å². The Bertz CT molecular complexity index is 2060. The van der Waals surface area contributed by atoms with E-state index < -0.39 is 46.5 Å². The molecule has 4 aromatic heterocycles. The van der Waals surface area contributed by atoms with Crippen LogP contribution in [0, 0.1) is 5.82 Å². The summed E-state index contributed by atoms with van der Waals surface area (Å²) in [6.07, 6.45) is -0.316. The molecule has 18 heteroatoms. The van der Waals surface area contributed by atoms with Crippen molar-refractivity contribution in [3.8, 4) is 0 Å². The molecule has 0 aromatic carbocycles. The monoisotopic (exact) mass is 717 g/mol. The highest BCUT2D eigenvalue weighted by Gasteiger charge is 2.37. The first-order valence-electron chi connectivity index (χ1n) is 15.9. The van der Waals surface area contributed by atoms with E-state index in [1.807, 2.05) is 17.9 Å². The van der Waals surface area contributed by atoms with Gasteiger partial charge in [0.2, 0.25) is 11.7 Å². The third-order valence-electron chi connectivity index (χ3n) is 8.54. The Morgan fingerprint density at radius 3 is 2.52 bits per heavy atom. The number of alkyl halides is 3. The van der Waals surface area contributed by atoms with Gasteiger partial charge in [-0.1, -0.05) is 37.6 Å². The fourth-order valence-corrected chi connectivity index (χ4v) is 6.27. The minimum Gasteiger partial charge on any atom is -0.377 e. The highest BCUT2D eigenvalue weighted by molar-refractivity contribution is 6.32. The van der Waals surface area contributed by atoms with Crippen LogP contribution in [0.15, 0.2) is 35.3 Å². The second-order valence-electron chi connectivity index (χ2n) is 11.6. The number of nitrogens with zero attached hydrogens (tertiary/aromatic N) is 8. The number of aromatic nitrogens is 6. The van der Waals surface area contributed by atoms with Gasteiger partial charge in [0.25, 0.3) is 11.5 Å². The number of fused-ring (bicyclic) bond motifs is 1. The van der Waals surface area contributed by atoms with Gasteiger partial charge in [-0.3, -0.25) is 19.4 Å². The Kier molecular flexibility index (Phi) is 9.89. The highest BCUT2D eigenvalue weighted by Crippen LogP contribution is 2.33. The lowest BCUT2D eigenvalue weighted by Gasteiger charge is -2.36. The summed E-state index contributed by atoms with van der Waals surface area (Å²) in [6, 6.07) is 4.09. The average Bonchev–Trinajstić information content (AvgIpc) is 3.56. The van der Waals surface area contributed by atoms with Crippen molar-refractivity contribution in [2.24, 2.45) is 0 Å². The van der Waals surface area contributed by atoms with E-state index in [-0.39, 0.29) is 42.7 Å². The minimum atomic E-state index is -5.09. The molecule has 0 unspecified atom stereocenters. The minimum absolute atomic E-state index is 0.0482. The quantitative estimate of drug-likeness (QED) is 0.212. The molecule has 6 heterocycles. The molecule has 264 valence electrons. The van der Waals surface area contributed by atoms with Gasteiger partial charge >= 0.3 is 6.18 Å². The maximum atomic E-state index is 14.3. The summed E-state index contributed by atoms with van der Waals surface area (Å²) < 4.78 is 61.7. The zero-order valence-corrected chi connectivity index (χ0v) is 27.8. The number of carbonyl (C=O) groups is 2.